The van der Waals surface area contributed by atoms with Gasteiger partial charge in [0.2, 0.25) is 11.8 Å². The average Bonchev–Trinajstić information content (AvgIpc) is 2.04. The summed E-state index contributed by atoms with van der Waals surface area (Å²) in [7, 11) is 0. The van der Waals surface area contributed by atoms with Crippen LogP contribution in [0, 0.1) is 0 Å². The summed E-state index contributed by atoms with van der Waals surface area (Å²) in [6.45, 7) is 4.91. The molecule has 5 heteroatoms. The third-order valence-corrected chi connectivity index (χ3v) is 1.17. The number of carbonyl (C=O) groups excluding carboxylic acids is 1. The van der Waals surface area contributed by atoms with Crippen LogP contribution in [0.2, 0.25) is 0 Å². The van der Waals surface area contributed by atoms with Crippen LogP contribution < -0.4 is 4.74 Å². The number of hydrogen-bond donors (Lipinski definition) is 1. The van der Waals surface area contributed by atoms with Crippen LogP contribution in [0.5, 0.6) is 11.8 Å². The zero-order chi connectivity index (χ0) is 9.84. The topological polar surface area (TPSA) is 72.3 Å². The highest BCUT2D eigenvalue weighted by molar-refractivity contribution is 5.88. The Bertz CT molecular complexity index is 349. The Kier molecular flexibility index (Phi) is 2.59. The number of nitrogens with zero attached hydrogens (tertiary/aromatic N) is 2. The van der Waals surface area contributed by atoms with Crippen LogP contribution in [0.1, 0.15) is 6.92 Å². The van der Waals surface area contributed by atoms with Crippen molar-refractivity contribution in [2.75, 3.05) is 0 Å². The molecule has 0 unspecified atom stereocenters. The van der Waals surface area contributed by atoms with E-state index in [0.29, 0.717) is 0 Å². The van der Waals surface area contributed by atoms with E-state index in [1.54, 1.807) is 0 Å². The first kappa shape index (κ1) is 9.18. The van der Waals surface area contributed by atoms with E-state index in [1.807, 2.05) is 0 Å². The van der Waals surface area contributed by atoms with E-state index >= 15 is 0 Å². The van der Waals surface area contributed by atoms with E-state index in [0.717, 1.165) is 12.4 Å². The fourth-order valence-electron chi connectivity index (χ4n) is 0.568. The van der Waals surface area contributed by atoms with Gasteiger partial charge in [-0.3, -0.25) is 0 Å². The van der Waals surface area contributed by atoms with Gasteiger partial charge < -0.3 is 9.84 Å². The molecular formula is C8H8N2O3. The molecular weight excluding hydrogens is 172 g/mol. The lowest BCUT2D eigenvalue weighted by atomic mass is 10.4. The lowest BCUT2D eigenvalue weighted by molar-refractivity contribution is -0.130. The predicted octanol–water partition coefficient (Wildman–Crippen LogP) is 0.664. The zero-order valence-corrected chi connectivity index (χ0v) is 7.02. The van der Waals surface area contributed by atoms with Crippen molar-refractivity contribution in [1.82, 2.24) is 9.97 Å². The van der Waals surface area contributed by atoms with Gasteiger partial charge in [-0.1, -0.05) is 6.58 Å². The maximum Gasteiger partial charge on any atom is 0.339 e. The summed E-state index contributed by atoms with van der Waals surface area (Å²) in [5.41, 5.74) is 0.262. The Balaban J connectivity index is 2.75. The molecule has 0 spiro atoms. The van der Waals surface area contributed by atoms with Gasteiger partial charge in [-0.05, 0) is 6.92 Å². The Morgan fingerprint density at radius 1 is 1.62 bits per heavy atom. The first-order chi connectivity index (χ1) is 6.09. The molecule has 68 valence electrons. The summed E-state index contributed by atoms with van der Waals surface area (Å²) in [6, 6.07) is 1.14. The molecule has 0 aliphatic heterocycles. The van der Waals surface area contributed by atoms with Crippen LogP contribution in [-0.4, -0.2) is 21.0 Å². The highest BCUT2D eigenvalue weighted by Gasteiger charge is 2.06. The third kappa shape index (κ3) is 2.55. The number of esters is 1. The lowest BCUT2D eigenvalue weighted by Crippen LogP contribution is -2.09. The van der Waals surface area contributed by atoms with Gasteiger partial charge in [-0.25, -0.2) is 14.8 Å². The molecule has 1 aromatic rings. The summed E-state index contributed by atoms with van der Waals surface area (Å²) in [6.07, 6.45) is 1.09. The highest BCUT2D eigenvalue weighted by atomic mass is 16.5. The molecule has 0 saturated carbocycles. The molecule has 0 radical (unpaired) electrons. The number of rotatable bonds is 2. The first-order valence-corrected chi connectivity index (χ1v) is 3.48. The van der Waals surface area contributed by atoms with Gasteiger partial charge in [0.05, 0.1) is 6.07 Å². The summed E-state index contributed by atoms with van der Waals surface area (Å²) in [4.78, 5) is 18.0. The van der Waals surface area contributed by atoms with Crippen molar-refractivity contribution in [2.24, 2.45) is 0 Å². The van der Waals surface area contributed by atoms with Crippen LogP contribution in [0.4, 0.5) is 0 Å². The van der Waals surface area contributed by atoms with E-state index in [4.69, 9.17) is 9.84 Å². The van der Waals surface area contributed by atoms with E-state index in [2.05, 4.69) is 16.5 Å². The molecule has 0 bridgehead atoms. The standard InChI is InChI=1S/C8H8N2O3/c1-5(2)8(12)13-7-3-6(11)9-4-10-7/h3-4H,1H2,2H3,(H,9,10,11). The number of hydrogen-bond acceptors (Lipinski definition) is 5. The van der Waals surface area contributed by atoms with Crippen LogP contribution in [0.3, 0.4) is 0 Å². The number of aromatic hydroxyl groups is 1. The SMILES string of the molecule is C=C(C)C(=O)Oc1cc(O)ncn1. The summed E-state index contributed by atoms with van der Waals surface area (Å²) < 4.78 is 4.71. The second-order valence-corrected chi connectivity index (χ2v) is 2.38. The maximum atomic E-state index is 11.0. The molecule has 13 heavy (non-hydrogen) atoms. The molecule has 0 atom stereocenters. The van der Waals surface area contributed by atoms with E-state index in [9.17, 15) is 4.79 Å². The molecule has 1 heterocycles. The average molecular weight is 180 g/mol. The third-order valence-electron chi connectivity index (χ3n) is 1.17. The van der Waals surface area contributed by atoms with Crippen molar-refractivity contribution in [1.29, 1.82) is 0 Å². The number of ether oxygens (including phenoxy) is 1. The van der Waals surface area contributed by atoms with Crippen molar-refractivity contribution in [3.05, 3.63) is 24.5 Å². The fourth-order valence-corrected chi connectivity index (χ4v) is 0.568. The molecule has 0 saturated heterocycles. The van der Waals surface area contributed by atoms with Gasteiger partial charge in [-0.2, -0.15) is 0 Å². The van der Waals surface area contributed by atoms with Gasteiger partial charge in [0.1, 0.15) is 6.33 Å². The monoisotopic (exact) mass is 180 g/mol. The molecule has 0 aliphatic carbocycles. The van der Waals surface area contributed by atoms with Gasteiger partial charge in [0.25, 0.3) is 0 Å². The van der Waals surface area contributed by atoms with E-state index in [-0.39, 0.29) is 17.3 Å². The fraction of sp³-hybridized carbons (Fsp3) is 0.125. The molecule has 0 aliphatic rings. The summed E-state index contributed by atoms with van der Waals surface area (Å²) >= 11 is 0. The van der Waals surface area contributed by atoms with Crippen LogP contribution in [0.15, 0.2) is 24.5 Å². The van der Waals surface area contributed by atoms with Gasteiger partial charge >= 0.3 is 5.97 Å². The van der Waals surface area contributed by atoms with E-state index in [1.165, 1.54) is 6.92 Å². The summed E-state index contributed by atoms with van der Waals surface area (Å²) in [5, 5.41) is 8.90. The Morgan fingerprint density at radius 2 is 2.31 bits per heavy atom. The molecule has 0 amide bonds. The lowest BCUT2D eigenvalue weighted by Gasteiger charge is -2.01. The minimum absolute atomic E-state index is 0.000463. The van der Waals surface area contributed by atoms with Crippen LogP contribution in [-0.2, 0) is 4.79 Å². The van der Waals surface area contributed by atoms with Crippen LogP contribution >= 0.6 is 0 Å². The predicted molar refractivity (Wildman–Crippen MR) is 44.1 cm³/mol. The highest BCUT2D eigenvalue weighted by Crippen LogP contribution is 2.11. The van der Waals surface area contributed by atoms with E-state index < -0.39 is 5.97 Å². The first-order valence-electron chi connectivity index (χ1n) is 3.48. The minimum atomic E-state index is -0.585. The van der Waals surface area contributed by atoms with Crippen molar-refractivity contribution in [3.63, 3.8) is 0 Å². The van der Waals surface area contributed by atoms with Gasteiger partial charge in [-0.15, -0.1) is 0 Å². The minimum Gasteiger partial charge on any atom is -0.493 e. The van der Waals surface area contributed by atoms with Crippen molar-refractivity contribution in [2.45, 2.75) is 6.92 Å². The Hall–Kier alpha value is -1.91. The Labute approximate surface area is 74.7 Å². The zero-order valence-electron chi connectivity index (χ0n) is 7.02. The molecule has 1 rings (SSSR count). The van der Waals surface area contributed by atoms with Gasteiger partial charge in [0.15, 0.2) is 0 Å². The number of aromatic nitrogens is 2. The molecule has 1 N–H and O–H groups in total. The van der Waals surface area contributed by atoms with Crippen molar-refractivity contribution < 1.29 is 14.6 Å². The second-order valence-electron chi connectivity index (χ2n) is 2.38. The van der Waals surface area contributed by atoms with Crippen LogP contribution in [0.25, 0.3) is 0 Å². The van der Waals surface area contributed by atoms with Gasteiger partial charge in [0, 0.05) is 5.57 Å². The Morgan fingerprint density at radius 3 is 2.85 bits per heavy atom. The van der Waals surface area contributed by atoms with Crippen molar-refractivity contribution in [3.8, 4) is 11.8 Å². The molecule has 0 fully saturated rings. The molecule has 1 aromatic heterocycles. The van der Waals surface area contributed by atoms with Crippen molar-refractivity contribution >= 4 is 5.97 Å². The molecule has 5 nitrogen and oxygen atoms in total. The quantitative estimate of drug-likeness (QED) is 0.534. The molecule has 0 aromatic carbocycles. The smallest absolute Gasteiger partial charge is 0.339 e. The number of carbonyl (C=O) groups is 1. The normalized spacial score (nSPS) is 9.31. The maximum absolute atomic E-state index is 11.0. The largest absolute Gasteiger partial charge is 0.493 e. The second kappa shape index (κ2) is 3.66. The summed E-state index contributed by atoms with van der Waals surface area (Å²) in [5.74, 6) is -0.835.